The van der Waals surface area contributed by atoms with Crippen molar-refractivity contribution in [1.82, 2.24) is 9.80 Å². The maximum atomic E-state index is 13.2. The van der Waals surface area contributed by atoms with Gasteiger partial charge in [0.2, 0.25) is 0 Å². The zero-order valence-corrected chi connectivity index (χ0v) is 19.8. The number of ether oxygens (including phenoxy) is 1. The molecule has 3 aliphatic rings. The first-order chi connectivity index (χ1) is 16.2. The Hall–Kier alpha value is -2.29. The van der Waals surface area contributed by atoms with Gasteiger partial charge in [-0.3, -0.25) is 14.6 Å². The molecule has 34 heavy (non-hydrogen) atoms. The normalized spacial score (nSPS) is 24.2. The molecule has 188 valence electrons. The molecule has 1 aromatic rings. The highest BCUT2D eigenvalue weighted by atomic mass is 19.4. The summed E-state index contributed by atoms with van der Waals surface area (Å²) in [4.78, 5) is 29.9. The van der Waals surface area contributed by atoms with Crippen molar-refractivity contribution < 1.29 is 27.5 Å². The van der Waals surface area contributed by atoms with Crippen LogP contribution in [0.5, 0.6) is 0 Å². The van der Waals surface area contributed by atoms with Crippen molar-refractivity contribution in [2.45, 2.75) is 63.6 Å². The number of fused-ring (bicyclic) bond motifs is 1. The van der Waals surface area contributed by atoms with Crippen molar-refractivity contribution in [3.05, 3.63) is 29.3 Å². The molecule has 1 aliphatic carbocycles. The topological polar surface area (TPSA) is 53.1 Å². The Morgan fingerprint density at radius 3 is 2.41 bits per heavy atom. The second-order valence-corrected chi connectivity index (χ2v) is 9.76. The number of rotatable bonds is 6. The Morgan fingerprint density at radius 1 is 1.03 bits per heavy atom. The highest BCUT2D eigenvalue weighted by molar-refractivity contribution is 5.94. The van der Waals surface area contributed by atoms with Crippen LogP contribution >= 0.6 is 0 Å². The van der Waals surface area contributed by atoms with E-state index in [2.05, 4.69) is 0 Å². The van der Waals surface area contributed by atoms with Gasteiger partial charge in [-0.15, -0.1) is 0 Å². The average Bonchev–Trinajstić information content (AvgIpc) is 3.08. The molecule has 2 fully saturated rings. The molecule has 1 saturated heterocycles. The summed E-state index contributed by atoms with van der Waals surface area (Å²) < 4.78 is 43.1. The van der Waals surface area contributed by atoms with E-state index in [1.54, 1.807) is 0 Å². The summed E-state index contributed by atoms with van der Waals surface area (Å²) in [6, 6.07) is 6.15. The molecule has 0 radical (unpaired) electrons. The van der Waals surface area contributed by atoms with E-state index in [0.29, 0.717) is 51.4 Å². The molecular weight excluding hydrogens is 447 g/mol. The Kier molecular flexibility index (Phi) is 7.70. The van der Waals surface area contributed by atoms with Crippen LogP contribution in [-0.4, -0.2) is 73.9 Å². The van der Waals surface area contributed by atoms with Crippen LogP contribution in [0.15, 0.2) is 18.2 Å². The van der Waals surface area contributed by atoms with Gasteiger partial charge in [-0.25, -0.2) is 4.79 Å². The van der Waals surface area contributed by atoms with Gasteiger partial charge in [0.1, 0.15) is 0 Å². The minimum absolute atomic E-state index is 0.0188. The number of alkyl halides is 3. The molecule has 0 unspecified atom stereocenters. The van der Waals surface area contributed by atoms with Crippen molar-refractivity contribution in [2.75, 3.05) is 44.7 Å². The first kappa shape index (κ1) is 24.8. The highest BCUT2D eigenvalue weighted by Gasteiger charge is 2.37. The van der Waals surface area contributed by atoms with Crippen LogP contribution < -0.4 is 4.90 Å². The van der Waals surface area contributed by atoms with E-state index in [-0.39, 0.29) is 18.0 Å². The van der Waals surface area contributed by atoms with Crippen molar-refractivity contribution in [1.29, 1.82) is 0 Å². The fourth-order valence-corrected chi connectivity index (χ4v) is 5.64. The molecule has 0 N–H and O–H groups in total. The number of benzene rings is 1. The van der Waals surface area contributed by atoms with Gasteiger partial charge in [0, 0.05) is 44.3 Å². The number of halogens is 3. The van der Waals surface area contributed by atoms with E-state index in [4.69, 9.17) is 4.74 Å². The van der Waals surface area contributed by atoms with Gasteiger partial charge in [0.25, 0.3) is 0 Å². The van der Waals surface area contributed by atoms with Crippen LogP contribution in [0.3, 0.4) is 0 Å². The molecule has 0 spiro atoms. The summed E-state index contributed by atoms with van der Waals surface area (Å²) in [5.41, 5.74) is 2.95. The van der Waals surface area contributed by atoms with Crippen molar-refractivity contribution in [3.8, 4) is 0 Å². The molecule has 1 saturated carbocycles. The smallest absolute Gasteiger partial charge is 0.401 e. The van der Waals surface area contributed by atoms with Gasteiger partial charge < -0.3 is 9.64 Å². The minimum atomic E-state index is -4.19. The van der Waals surface area contributed by atoms with E-state index >= 15 is 0 Å². The molecular formula is C25H34F3N3O3. The first-order valence-corrected chi connectivity index (χ1v) is 12.3. The zero-order valence-electron chi connectivity index (χ0n) is 19.8. The summed E-state index contributed by atoms with van der Waals surface area (Å²) in [5, 5.41) is 0. The van der Waals surface area contributed by atoms with E-state index in [1.165, 1.54) is 12.0 Å². The van der Waals surface area contributed by atoms with Gasteiger partial charge in [0.05, 0.1) is 13.7 Å². The number of hydrogen-bond donors (Lipinski definition) is 0. The quantitative estimate of drug-likeness (QED) is 0.565. The molecule has 0 atom stereocenters. The summed E-state index contributed by atoms with van der Waals surface area (Å²) in [5.74, 6) is 0.340. The lowest BCUT2D eigenvalue weighted by Gasteiger charge is -2.34. The molecule has 2 heterocycles. The zero-order chi connectivity index (χ0) is 24.3. The Bertz CT molecular complexity index is 884. The maximum absolute atomic E-state index is 13.2. The van der Waals surface area contributed by atoms with Crippen molar-refractivity contribution in [2.24, 2.45) is 5.92 Å². The Labute approximate surface area is 199 Å². The molecule has 6 nitrogen and oxygen atoms in total. The number of esters is 1. The molecule has 2 aliphatic heterocycles. The minimum Gasteiger partial charge on any atom is -0.469 e. The molecule has 0 aromatic heterocycles. The Balaban J connectivity index is 1.33. The fraction of sp³-hybridized carbons (Fsp3) is 0.680. The summed E-state index contributed by atoms with van der Waals surface area (Å²) in [6.07, 6.45) is 2.18. The molecule has 1 aromatic carbocycles. The van der Waals surface area contributed by atoms with Crippen LogP contribution in [0.25, 0.3) is 0 Å². The van der Waals surface area contributed by atoms with Gasteiger partial charge in [0.15, 0.2) is 0 Å². The van der Waals surface area contributed by atoms with Crippen LogP contribution in [0, 0.1) is 5.92 Å². The van der Waals surface area contributed by atoms with Crippen molar-refractivity contribution in [3.63, 3.8) is 0 Å². The number of anilines is 1. The number of carbonyl (C=O) groups excluding carboxylic acids is 2. The molecule has 4 rings (SSSR count). The lowest BCUT2D eigenvalue weighted by Crippen LogP contribution is -2.41. The molecule has 9 heteroatoms. The third-order valence-corrected chi connectivity index (χ3v) is 7.58. The van der Waals surface area contributed by atoms with E-state index < -0.39 is 12.7 Å². The maximum Gasteiger partial charge on any atom is 0.401 e. The van der Waals surface area contributed by atoms with E-state index in [9.17, 15) is 22.8 Å². The third kappa shape index (κ3) is 6.03. The van der Waals surface area contributed by atoms with Gasteiger partial charge in [-0.2, -0.15) is 13.2 Å². The number of carbonyl (C=O) groups is 2. The third-order valence-electron chi connectivity index (χ3n) is 7.58. The van der Waals surface area contributed by atoms with Crippen LogP contribution in [0.4, 0.5) is 23.7 Å². The monoisotopic (exact) mass is 481 g/mol. The predicted molar refractivity (Wildman–Crippen MR) is 123 cm³/mol. The standard InChI is InChI=1S/C25H34F3N3O3/c1-34-23(32)9-4-18-2-6-21(7-3-18)30-14-15-31(24(30)33)22-8-5-19-10-12-29(17-25(26,27)28)13-11-20(19)16-22/h5,8,16,18,21H,2-4,6-7,9-15,17H2,1H3. The van der Waals surface area contributed by atoms with Gasteiger partial charge in [-0.05, 0) is 74.1 Å². The highest BCUT2D eigenvalue weighted by Crippen LogP contribution is 2.34. The number of urea groups is 1. The van der Waals surface area contributed by atoms with Crippen LogP contribution in [-0.2, 0) is 22.4 Å². The van der Waals surface area contributed by atoms with Crippen LogP contribution in [0.2, 0.25) is 0 Å². The summed E-state index contributed by atoms with van der Waals surface area (Å²) >= 11 is 0. The van der Waals surface area contributed by atoms with Gasteiger partial charge in [-0.1, -0.05) is 6.07 Å². The van der Waals surface area contributed by atoms with Crippen molar-refractivity contribution >= 4 is 17.7 Å². The SMILES string of the molecule is COC(=O)CCC1CCC(N2CCN(c3ccc4c(c3)CCN(CC(F)(F)F)CC4)C2=O)CC1. The lowest BCUT2D eigenvalue weighted by atomic mass is 9.83. The fourth-order valence-electron chi connectivity index (χ4n) is 5.64. The number of hydrogen-bond acceptors (Lipinski definition) is 4. The number of nitrogens with zero attached hydrogens (tertiary/aromatic N) is 3. The molecule has 0 bridgehead atoms. The van der Waals surface area contributed by atoms with E-state index in [0.717, 1.165) is 48.9 Å². The second kappa shape index (κ2) is 10.5. The summed E-state index contributed by atoms with van der Waals surface area (Å²) in [6.45, 7) is 1.20. The van der Waals surface area contributed by atoms with E-state index in [1.807, 2.05) is 28.0 Å². The number of amides is 2. The largest absolute Gasteiger partial charge is 0.469 e. The second-order valence-electron chi connectivity index (χ2n) is 9.76. The van der Waals surface area contributed by atoms with Crippen LogP contribution in [0.1, 0.15) is 49.7 Å². The average molecular weight is 482 g/mol. The summed E-state index contributed by atoms with van der Waals surface area (Å²) in [7, 11) is 1.41. The predicted octanol–water partition coefficient (Wildman–Crippen LogP) is 4.40. The lowest BCUT2D eigenvalue weighted by molar-refractivity contribution is -0.145. The number of methoxy groups -OCH3 is 1. The molecule has 2 amide bonds. The first-order valence-electron chi connectivity index (χ1n) is 12.3. The Morgan fingerprint density at radius 2 is 1.74 bits per heavy atom. The van der Waals surface area contributed by atoms with Gasteiger partial charge >= 0.3 is 18.2 Å².